The molecule has 0 fully saturated rings. The van der Waals surface area contributed by atoms with E-state index in [-0.39, 0.29) is 16.9 Å². The van der Waals surface area contributed by atoms with Gasteiger partial charge in [0.15, 0.2) is 0 Å². The summed E-state index contributed by atoms with van der Waals surface area (Å²) in [6, 6.07) is 3.56. The van der Waals surface area contributed by atoms with Crippen molar-refractivity contribution in [2.75, 3.05) is 6.61 Å². The molecule has 0 N–H and O–H groups in total. The van der Waals surface area contributed by atoms with Crippen molar-refractivity contribution < 1.29 is 24.5 Å². The Bertz CT molecular complexity index is 507. The maximum Gasteiger partial charge on any atom is 0.120 e. The normalized spacial score (nSPS) is 10.6. The lowest BCUT2D eigenvalue weighted by Crippen LogP contribution is -2.25. The molecular weight excluding hydrogens is 320 g/mol. The summed E-state index contributed by atoms with van der Waals surface area (Å²) in [6.45, 7) is 2.65. The highest BCUT2D eigenvalue weighted by molar-refractivity contribution is 5.92. The highest BCUT2D eigenvalue weighted by Gasteiger charge is 2.04. The molecule has 25 heavy (non-hydrogen) atoms. The molecule has 0 aromatic heterocycles. The van der Waals surface area contributed by atoms with Crippen LogP contribution in [0.2, 0.25) is 0 Å². The quantitative estimate of drug-likeness (QED) is 0.482. The molecule has 0 aliphatic carbocycles. The molecule has 0 saturated carbocycles. The van der Waals surface area contributed by atoms with E-state index in [0.29, 0.717) is 6.61 Å². The number of hydrogen-bond donors (Lipinski definition) is 0. The summed E-state index contributed by atoms with van der Waals surface area (Å²) in [7, 11) is 0. The van der Waals surface area contributed by atoms with Crippen molar-refractivity contribution in [2.45, 2.75) is 71.1 Å². The number of unbranched alkanes of at least 4 members (excludes halogenated alkanes) is 9. The molecule has 1 aromatic rings. The number of carbonyl (C=O) groups is 2. The zero-order valence-electron chi connectivity index (χ0n) is 15.1. The predicted molar refractivity (Wildman–Crippen MR) is 92.4 cm³/mol. The summed E-state index contributed by atoms with van der Waals surface area (Å²) in [5.74, 6) is -2.66. The van der Waals surface area contributed by atoms with Crippen LogP contribution in [0.1, 0.15) is 91.8 Å². The number of benzene rings is 1. The Hall–Kier alpha value is -2.04. The van der Waals surface area contributed by atoms with Crippen LogP contribution in [0.3, 0.4) is 0 Å². The summed E-state index contributed by atoms with van der Waals surface area (Å²) in [5.41, 5.74) is -0.445. The van der Waals surface area contributed by atoms with Crippen LogP contribution < -0.4 is 14.9 Å². The van der Waals surface area contributed by atoms with Crippen LogP contribution in [0.25, 0.3) is 0 Å². The number of carbonyl (C=O) groups excluding carboxylic acids is 2. The second-order valence-electron chi connectivity index (χ2n) is 6.35. The highest BCUT2D eigenvalue weighted by atomic mass is 16.5. The first-order valence-corrected chi connectivity index (χ1v) is 9.25. The minimum absolute atomic E-state index is 0.219. The van der Waals surface area contributed by atoms with Crippen molar-refractivity contribution in [3.05, 3.63) is 29.3 Å². The second-order valence-corrected chi connectivity index (χ2v) is 6.35. The van der Waals surface area contributed by atoms with Crippen molar-refractivity contribution in [1.29, 1.82) is 0 Å². The fourth-order valence-electron chi connectivity index (χ4n) is 2.70. The minimum Gasteiger partial charge on any atom is -0.545 e. The molecule has 0 amide bonds. The van der Waals surface area contributed by atoms with Gasteiger partial charge in [-0.1, -0.05) is 64.7 Å². The fraction of sp³-hybridized carbons (Fsp3) is 0.600. The van der Waals surface area contributed by atoms with Crippen molar-refractivity contribution >= 4 is 11.9 Å². The van der Waals surface area contributed by atoms with E-state index < -0.39 is 11.9 Å². The van der Waals surface area contributed by atoms with E-state index in [9.17, 15) is 19.8 Å². The predicted octanol–water partition coefficient (Wildman–Crippen LogP) is 2.71. The number of aromatic carboxylic acids is 2. The molecule has 0 bridgehead atoms. The Morgan fingerprint density at radius 2 is 1.20 bits per heavy atom. The molecule has 0 saturated heterocycles. The van der Waals surface area contributed by atoms with E-state index in [1.54, 1.807) is 0 Å². The Balaban J connectivity index is 2.21. The number of rotatable bonds is 14. The van der Waals surface area contributed by atoms with Gasteiger partial charge in [-0.15, -0.1) is 0 Å². The molecule has 0 aliphatic heterocycles. The third-order valence-electron chi connectivity index (χ3n) is 4.14. The highest BCUT2D eigenvalue weighted by Crippen LogP contribution is 2.18. The van der Waals surface area contributed by atoms with Crippen LogP contribution in [0.15, 0.2) is 18.2 Å². The smallest absolute Gasteiger partial charge is 0.120 e. The average Bonchev–Trinajstić information content (AvgIpc) is 2.59. The van der Waals surface area contributed by atoms with Gasteiger partial charge in [0, 0.05) is 11.1 Å². The summed E-state index contributed by atoms with van der Waals surface area (Å²) < 4.78 is 5.48. The summed E-state index contributed by atoms with van der Waals surface area (Å²) >= 11 is 0. The van der Waals surface area contributed by atoms with Gasteiger partial charge in [0.2, 0.25) is 0 Å². The van der Waals surface area contributed by atoms with Crippen molar-refractivity contribution in [3.8, 4) is 5.75 Å². The standard InChI is InChI=1S/C20H30O5/c1-2-3-4-5-6-7-8-9-10-11-12-25-18-14-16(19(21)22)13-17(15-18)20(23)24/h13-15H,2-12H2,1H3,(H,21,22)(H,23,24)/p-2. The molecule has 5 nitrogen and oxygen atoms in total. The Morgan fingerprint density at radius 3 is 1.64 bits per heavy atom. The van der Waals surface area contributed by atoms with Gasteiger partial charge in [-0.25, -0.2) is 0 Å². The van der Waals surface area contributed by atoms with E-state index in [0.717, 1.165) is 25.3 Å². The molecule has 5 heteroatoms. The second kappa shape index (κ2) is 12.3. The molecule has 0 atom stereocenters. The number of ether oxygens (including phenoxy) is 1. The maximum absolute atomic E-state index is 10.9. The van der Waals surface area contributed by atoms with E-state index in [1.807, 2.05) is 0 Å². The van der Waals surface area contributed by atoms with Gasteiger partial charge in [0.25, 0.3) is 0 Å². The number of carboxylic acids is 2. The van der Waals surface area contributed by atoms with Gasteiger partial charge in [-0.2, -0.15) is 0 Å². The monoisotopic (exact) mass is 348 g/mol. The Labute approximate surface area is 150 Å². The average molecular weight is 348 g/mol. The molecule has 140 valence electrons. The van der Waals surface area contributed by atoms with Gasteiger partial charge in [0.1, 0.15) is 5.75 Å². The molecule has 0 radical (unpaired) electrons. The molecule has 0 unspecified atom stereocenters. The van der Waals surface area contributed by atoms with Crippen LogP contribution in [0.4, 0.5) is 0 Å². The van der Waals surface area contributed by atoms with Crippen molar-refractivity contribution in [2.24, 2.45) is 0 Å². The molecule has 0 heterocycles. The van der Waals surface area contributed by atoms with Gasteiger partial charge < -0.3 is 24.5 Å². The third kappa shape index (κ3) is 9.13. The summed E-state index contributed by atoms with van der Waals surface area (Å²) in [4.78, 5) is 21.8. The summed E-state index contributed by atoms with van der Waals surface area (Å²) in [6.07, 6.45) is 12.1. The summed E-state index contributed by atoms with van der Waals surface area (Å²) in [5, 5.41) is 21.8. The lowest BCUT2D eigenvalue weighted by molar-refractivity contribution is -0.255. The SMILES string of the molecule is CCCCCCCCCCCCOc1cc(C(=O)[O-])cc(C(=O)[O-])c1. The van der Waals surface area contributed by atoms with Gasteiger partial charge in [-0.3, -0.25) is 0 Å². The van der Waals surface area contributed by atoms with E-state index in [2.05, 4.69) is 6.92 Å². The molecule has 1 rings (SSSR count). The molecule has 0 aliphatic rings. The number of hydrogen-bond acceptors (Lipinski definition) is 5. The van der Waals surface area contributed by atoms with Crippen LogP contribution in [-0.4, -0.2) is 18.5 Å². The minimum atomic E-state index is -1.44. The van der Waals surface area contributed by atoms with Crippen LogP contribution in [0, 0.1) is 0 Å². The van der Waals surface area contributed by atoms with Crippen LogP contribution >= 0.6 is 0 Å². The van der Waals surface area contributed by atoms with Crippen LogP contribution in [0.5, 0.6) is 5.75 Å². The third-order valence-corrected chi connectivity index (χ3v) is 4.14. The van der Waals surface area contributed by atoms with Gasteiger partial charge in [-0.05, 0) is 24.6 Å². The van der Waals surface area contributed by atoms with E-state index in [1.165, 1.54) is 57.1 Å². The van der Waals surface area contributed by atoms with E-state index in [4.69, 9.17) is 4.74 Å². The number of carboxylic acid groups (broad SMARTS) is 2. The molecule has 1 aromatic carbocycles. The molecule has 0 spiro atoms. The van der Waals surface area contributed by atoms with Crippen LogP contribution in [-0.2, 0) is 0 Å². The van der Waals surface area contributed by atoms with Crippen molar-refractivity contribution in [1.82, 2.24) is 0 Å². The lowest BCUT2D eigenvalue weighted by Gasteiger charge is -2.12. The lowest BCUT2D eigenvalue weighted by atomic mass is 10.1. The van der Waals surface area contributed by atoms with Gasteiger partial charge >= 0.3 is 0 Å². The Morgan fingerprint density at radius 1 is 0.760 bits per heavy atom. The largest absolute Gasteiger partial charge is 0.545 e. The first kappa shape index (κ1) is 21.0. The Kier molecular flexibility index (Phi) is 10.4. The fourth-order valence-corrected chi connectivity index (χ4v) is 2.70. The molecular formula is C20H28O5-2. The van der Waals surface area contributed by atoms with Crippen molar-refractivity contribution in [3.63, 3.8) is 0 Å². The zero-order chi connectivity index (χ0) is 18.5. The first-order valence-electron chi connectivity index (χ1n) is 9.25. The van der Waals surface area contributed by atoms with E-state index >= 15 is 0 Å². The first-order chi connectivity index (χ1) is 12.0. The zero-order valence-corrected chi connectivity index (χ0v) is 15.1. The van der Waals surface area contributed by atoms with Gasteiger partial charge in [0.05, 0.1) is 18.5 Å². The maximum atomic E-state index is 10.9. The topological polar surface area (TPSA) is 89.5 Å².